The van der Waals surface area contributed by atoms with Gasteiger partial charge < -0.3 is 15.2 Å². The summed E-state index contributed by atoms with van der Waals surface area (Å²) in [7, 11) is 0. The zero-order valence-corrected chi connectivity index (χ0v) is 8.26. The topological polar surface area (TPSA) is 61.5 Å². The second-order valence-electron chi connectivity index (χ2n) is 3.04. The number of rotatable bonds is 6. The third-order valence-corrected chi connectivity index (χ3v) is 1.39. The van der Waals surface area contributed by atoms with Gasteiger partial charge in [-0.05, 0) is 13.8 Å². The van der Waals surface area contributed by atoms with E-state index < -0.39 is 24.5 Å². The Hall–Kier alpha value is -0.750. The van der Waals surface area contributed by atoms with Crippen LogP contribution >= 0.6 is 0 Å². The van der Waals surface area contributed by atoms with Crippen molar-refractivity contribution in [3.8, 4) is 0 Å². The van der Waals surface area contributed by atoms with Gasteiger partial charge in [0.15, 0.2) is 0 Å². The molecule has 0 saturated heterocycles. The maximum Gasteiger partial charge on any atom is 0.328 e. The SMILES string of the molecule is CCOC(=O)C(C)(N)COCC(F)F. The number of esters is 1. The van der Waals surface area contributed by atoms with E-state index in [0.717, 1.165) is 0 Å². The molecule has 6 heteroatoms. The predicted molar refractivity (Wildman–Crippen MR) is 46.0 cm³/mol. The number of nitrogens with two attached hydrogens (primary N) is 1. The molecule has 0 aliphatic rings. The minimum absolute atomic E-state index is 0.195. The summed E-state index contributed by atoms with van der Waals surface area (Å²) in [6, 6.07) is 0. The Morgan fingerprint density at radius 3 is 2.57 bits per heavy atom. The van der Waals surface area contributed by atoms with Crippen molar-refractivity contribution < 1.29 is 23.0 Å². The van der Waals surface area contributed by atoms with Gasteiger partial charge in [0, 0.05) is 0 Å². The third-order valence-electron chi connectivity index (χ3n) is 1.39. The highest BCUT2D eigenvalue weighted by Crippen LogP contribution is 2.04. The van der Waals surface area contributed by atoms with Gasteiger partial charge in [-0.3, -0.25) is 0 Å². The van der Waals surface area contributed by atoms with E-state index in [1.807, 2.05) is 0 Å². The van der Waals surface area contributed by atoms with E-state index in [4.69, 9.17) is 5.73 Å². The Morgan fingerprint density at radius 2 is 2.14 bits per heavy atom. The van der Waals surface area contributed by atoms with Gasteiger partial charge in [0.2, 0.25) is 0 Å². The molecule has 1 atom stereocenters. The first kappa shape index (κ1) is 13.2. The molecular formula is C8H15F2NO3. The fourth-order valence-corrected chi connectivity index (χ4v) is 0.715. The Morgan fingerprint density at radius 1 is 1.57 bits per heavy atom. The lowest BCUT2D eigenvalue weighted by molar-refractivity contribution is -0.152. The minimum atomic E-state index is -2.56. The van der Waals surface area contributed by atoms with Crippen LogP contribution in [0.5, 0.6) is 0 Å². The van der Waals surface area contributed by atoms with Gasteiger partial charge in [0.1, 0.15) is 12.1 Å². The van der Waals surface area contributed by atoms with Crippen LogP contribution < -0.4 is 5.73 Å². The number of hydrogen-bond acceptors (Lipinski definition) is 4. The summed E-state index contributed by atoms with van der Waals surface area (Å²) in [6.07, 6.45) is -2.56. The van der Waals surface area contributed by atoms with Crippen LogP contribution in [0.1, 0.15) is 13.8 Å². The van der Waals surface area contributed by atoms with Crippen LogP contribution in [0, 0.1) is 0 Å². The Labute approximate surface area is 81.4 Å². The number of hydrogen-bond donors (Lipinski definition) is 1. The first-order valence-corrected chi connectivity index (χ1v) is 4.22. The fourth-order valence-electron chi connectivity index (χ4n) is 0.715. The average Bonchev–Trinajstić information content (AvgIpc) is 2.03. The van der Waals surface area contributed by atoms with Gasteiger partial charge in [-0.2, -0.15) is 0 Å². The standard InChI is InChI=1S/C8H15F2NO3/c1-3-14-7(12)8(2,11)5-13-4-6(9)10/h6H,3-5,11H2,1-2H3. The fraction of sp³-hybridized carbons (Fsp3) is 0.875. The molecule has 1 unspecified atom stereocenters. The van der Waals surface area contributed by atoms with Gasteiger partial charge in [0.05, 0.1) is 13.2 Å². The second-order valence-corrected chi connectivity index (χ2v) is 3.04. The van der Waals surface area contributed by atoms with Crippen LogP contribution in [0.4, 0.5) is 8.78 Å². The van der Waals surface area contributed by atoms with E-state index in [9.17, 15) is 13.6 Å². The van der Waals surface area contributed by atoms with E-state index in [1.54, 1.807) is 6.92 Å². The van der Waals surface area contributed by atoms with Crippen molar-refractivity contribution in [1.29, 1.82) is 0 Å². The quantitative estimate of drug-likeness (QED) is 0.652. The van der Waals surface area contributed by atoms with E-state index in [0.29, 0.717) is 0 Å². The largest absolute Gasteiger partial charge is 0.465 e. The number of carbonyl (C=O) groups excluding carboxylic acids is 1. The summed E-state index contributed by atoms with van der Waals surface area (Å²) in [5.41, 5.74) is 4.12. The molecule has 0 spiro atoms. The summed E-state index contributed by atoms with van der Waals surface area (Å²) >= 11 is 0. The molecule has 0 heterocycles. The number of ether oxygens (including phenoxy) is 2. The normalized spacial score (nSPS) is 15.3. The minimum Gasteiger partial charge on any atom is -0.465 e. The summed E-state index contributed by atoms with van der Waals surface area (Å²) in [4.78, 5) is 11.1. The summed E-state index contributed by atoms with van der Waals surface area (Å²) in [5.74, 6) is -0.658. The van der Waals surface area contributed by atoms with Gasteiger partial charge in [-0.15, -0.1) is 0 Å². The van der Waals surface area contributed by atoms with Crippen molar-refractivity contribution >= 4 is 5.97 Å². The zero-order valence-electron chi connectivity index (χ0n) is 8.26. The molecular weight excluding hydrogens is 196 g/mol. The predicted octanol–water partition coefficient (Wildman–Crippen LogP) is 0.549. The molecule has 0 saturated carbocycles. The van der Waals surface area contributed by atoms with Gasteiger partial charge in [-0.25, -0.2) is 13.6 Å². The van der Waals surface area contributed by atoms with Crippen molar-refractivity contribution in [2.45, 2.75) is 25.8 Å². The first-order chi connectivity index (χ1) is 6.40. The van der Waals surface area contributed by atoms with Crippen LogP contribution in [0.2, 0.25) is 0 Å². The second kappa shape index (κ2) is 5.87. The Bertz CT molecular complexity index is 185. The lowest BCUT2D eigenvalue weighted by Crippen LogP contribution is -2.50. The maximum absolute atomic E-state index is 11.7. The van der Waals surface area contributed by atoms with Gasteiger partial charge >= 0.3 is 5.97 Å². The molecule has 0 aliphatic carbocycles. The van der Waals surface area contributed by atoms with Crippen molar-refractivity contribution in [3.63, 3.8) is 0 Å². The number of halogens is 2. The molecule has 0 aromatic carbocycles. The highest BCUT2D eigenvalue weighted by atomic mass is 19.3. The molecule has 0 bridgehead atoms. The van der Waals surface area contributed by atoms with Crippen LogP contribution in [0.25, 0.3) is 0 Å². The van der Waals surface area contributed by atoms with Crippen LogP contribution in [0.15, 0.2) is 0 Å². The van der Waals surface area contributed by atoms with Gasteiger partial charge in [-0.1, -0.05) is 0 Å². The molecule has 0 amide bonds. The molecule has 4 nitrogen and oxygen atoms in total. The average molecular weight is 211 g/mol. The molecule has 0 fully saturated rings. The molecule has 0 aromatic rings. The highest BCUT2D eigenvalue weighted by Gasteiger charge is 2.30. The van der Waals surface area contributed by atoms with Crippen LogP contribution in [-0.2, 0) is 14.3 Å². The van der Waals surface area contributed by atoms with Crippen molar-refractivity contribution in [2.24, 2.45) is 5.73 Å². The summed E-state index contributed by atoms with van der Waals surface area (Å²) in [6.45, 7) is 2.19. The van der Waals surface area contributed by atoms with E-state index in [-0.39, 0.29) is 13.2 Å². The molecule has 0 rings (SSSR count). The van der Waals surface area contributed by atoms with Gasteiger partial charge in [0.25, 0.3) is 6.43 Å². The first-order valence-electron chi connectivity index (χ1n) is 4.22. The third kappa shape index (κ3) is 5.08. The Kier molecular flexibility index (Phi) is 5.56. The van der Waals surface area contributed by atoms with Crippen molar-refractivity contribution in [1.82, 2.24) is 0 Å². The molecule has 84 valence electrons. The smallest absolute Gasteiger partial charge is 0.328 e. The molecule has 0 aliphatic heterocycles. The van der Waals surface area contributed by atoms with Crippen LogP contribution in [0.3, 0.4) is 0 Å². The number of alkyl halides is 2. The monoisotopic (exact) mass is 211 g/mol. The lowest BCUT2D eigenvalue weighted by atomic mass is 10.1. The molecule has 0 radical (unpaired) electrons. The summed E-state index contributed by atoms with van der Waals surface area (Å²) < 4.78 is 32.5. The highest BCUT2D eigenvalue weighted by molar-refractivity contribution is 5.80. The van der Waals surface area contributed by atoms with E-state index in [2.05, 4.69) is 9.47 Å². The lowest BCUT2D eigenvalue weighted by Gasteiger charge is -2.21. The van der Waals surface area contributed by atoms with E-state index >= 15 is 0 Å². The summed E-state index contributed by atoms with van der Waals surface area (Å²) in [5, 5.41) is 0. The van der Waals surface area contributed by atoms with Crippen molar-refractivity contribution in [2.75, 3.05) is 19.8 Å². The Balaban J connectivity index is 3.87. The molecule has 0 aromatic heterocycles. The van der Waals surface area contributed by atoms with Crippen LogP contribution in [-0.4, -0.2) is 37.8 Å². The molecule has 14 heavy (non-hydrogen) atoms. The van der Waals surface area contributed by atoms with E-state index in [1.165, 1.54) is 6.92 Å². The number of carbonyl (C=O) groups is 1. The molecule has 2 N–H and O–H groups in total. The van der Waals surface area contributed by atoms with Crippen molar-refractivity contribution in [3.05, 3.63) is 0 Å². The zero-order chi connectivity index (χ0) is 11.2. The maximum atomic E-state index is 11.7.